The Hall–Kier alpha value is -3.17. The summed E-state index contributed by atoms with van der Waals surface area (Å²) in [4.78, 5) is 31.2. The Morgan fingerprint density at radius 3 is 2.77 bits per heavy atom. The number of carbonyl (C=O) groups excluding carboxylic acids is 2. The van der Waals surface area contributed by atoms with Crippen LogP contribution in [0.3, 0.4) is 0 Å². The number of benzene rings is 1. The van der Waals surface area contributed by atoms with E-state index in [-0.39, 0.29) is 30.8 Å². The van der Waals surface area contributed by atoms with Gasteiger partial charge in [0, 0.05) is 31.8 Å². The first kappa shape index (κ1) is 28.1. The molecule has 5 N–H and O–H groups in total. The van der Waals surface area contributed by atoms with Gasteiger partial charge in [0.1, 0.15) is 23.4 Å². The molecule has 1 heterocycles. The summed E-state index contributed by atoms with van der Waals surface area (Å²) in [5.41, 5.74) is 5.93. The van der Waals surface area contributed by atoms with Gasteiger partial charge in [0.2, 0.25) is 0 Å². The van der Waals surface area contributed by atoms with E-state index < -0.39 is 17.6 Å². The van der Waals surface area contributed by atoms with E-state index in [9.17, 15) is 14.7 Å². The number of amidine groups is 1. The van der Waals surface area contributed by atoms with Gasteiger partial charge in [0.25, 0.3) is 11.8 Å². The zero-order valence-corrected chi connectivity index (χ0v) is 21.0. The molecule has 35 heavy (non-hydrogen) atoms. The zero-order valence-electron chi connectivity index (χ0n) is 21.0. The second-order valence-corrected chi connectivity index (χ2v) is 9.70. The fourth-order valence-electron chi connectivity index (χ4n) is 3.66. The van der Waals surface area contributed by atoms with Gasteiger partial charge in [-0.2, -0.15) is 4.99 Å². The minimum Gasteiger partial charge on any atom is -0.460 e. The normalized spacial score (nSPS) is 15.6. The lowest BCUT2D eigenvalue weighted by atomic mass is 9.99. The number of hydrogen-bond acceptors (Lipinski definition) is 6. The number of aliphatic hydroxyl groups excluding tert-OH is 1. The Kier molecular flexibility index (Phi) is 10.5. The molecular formula is C26H38N4O5. The lowest BCUT2D eigenvalue weighted by Crippen LogP contribution is -2.43. The van der Waals surface area contributed by atoms with Crippen LogP contribution in [-0.2, 0) is 16.0 Å². The maximum Gasteiger partial charge on any atom is 0.270 e. The van der Waals surface area contributed by atoms with Gasteiger partial charge in [-0.25, -0.2) is 0 Å². The van der Waals surface area contributed by atoms with E-state index in [1.54, 1.807) is 26.1 Å². The van der Waals surface area contributed by atoms with Crippen LogP contribution >= 0.6 is 0 Å². The lowest BCUT2D eigenvalue weighted by Gasteiger charge is -2.26. The molecule has 0 aromatic heterocycles. The summed E-state index contributed by atoms with van der Waals surface area (Å²) in [6, 6.07) is 6.58. The second-order valence-electron chi connectivity index (χ2n) is 9.70. The topological polar surface area (TPSA) is 137 Å². The van der Waals surface area contributed by atoms with Crippen molar-refractivity contribution in [3.63, 3.8) is 0 Å². The number of hydrogen-bond donors (Lipinski definition) is 4. The molecule has 0 saturated carbocycles. The quantitative estimate of drug-likeness (QED) is 0.190. The van der Waals surface area contributed by atoms with Crippen molar-refractivity contribution in [1.29, 1.82) is 0 Å². The van der Waals surface area contributed by atoms with E-state index in [4.69, 9.17) is 15.6 Å². The number of rotatable bonds is 13. The average molecular weight is 487 g/mol. The standard InChI is InChI=1S/C26H38N4O5/c1-18(2)13-22(25(33)29-23(27)9-11-28-10-6-12-31)30-17-21(15-24(30)32)35-20-8-5-7-19(14-20)16-26(3,4)34/h5,7-9,11,14-15,18,22,28,31,34H,6,10,12-13,16-17H2,1-4H3,(H2,27,29,33)/b11-9-/t22-/m0/s1. The first-order chi connectivity index (χ1) is 16.5. The molecule has 9 heteroatoms. The van der Waals surface area contributed by atoms with Gasteiger partial charge in [0.05, 0.1) is 12.1 Å². The average Bonchev–Trinajstić information content (AvgIpc) is 3.10. The van der Waals surface area contributed by atoms with Crippen LogP contribution in [0.15, 0.2) is 53.4 Å². The van der Waals surface area contributed by atoms with Crippen LogP contribution in [0.1, 0.15) is 46.1 Å². The van der Waals surface area contributed by atoms with Gasteiger partial charge >= 0.3 is 0 Å². The molecule has 0 saturated heterocycles. The fraction of sp³-hybridized carbons (Fsp3) is 0.500. The highest BCUT2D eigenvalue weighted by atomic mass is 16.5. The van der Waals surface area contributed by atoms with Crippen LogP contribution in [0.25, 0.3) is 0 Å². The Morgan fingerprint density at radius 1 is 1.37 bits per heavy atom. The van der Waals surface area contributed by atoms with Crippen molar-refractivity contribution in [2.24, 2.45) is 16.6 Å². The Bertz CT molecular complexity index is 963. The fourth-order valence-corrected chi connectivity index (χ4v) is 3.66. The zero-order chi connectivity index (χ0) is 26.0. The SMILES string of the molecule is CC(C)C[C@@H](C(=O)N=C(N)/C=C\NCCCO)N1CC(Oc2cccc(CC(C)(C)O)c2)=CC1=O. The molecule has 0 radical (unpaired) electrons. The Balaban J connectivity index is 2.09. The molecule has 1 aliphatic heterocycles. The van der Waals surface area contributed by atoms with E-state index in [2.05, 4.69) is 10.3 Å². The number of nitrogens with two attached hydrogens (primary N) is 1. The highest BCUT2D eigenvalue weighted by molar-refractivity contribution is 6.03. The maximum absolute atomic E-state index is 13.0. The van der Waals surface area contributed by atoms with Gasteiger partial charge < -0.3 is 30.9 Å². The molecular weight excluding hydrogens is 448 g/mol. The number of amides is 2. The first-order valence-electron chi connectivity index (χ1n) is 11.9. The van der Waals surface area contributed by atoms with E-state index >= 15 is 0 Å². The summed E-state index contributed by atoms with van der Waals surface area (Å²) < 4.78 is 5.94. The van der Waals surface area contributed by atoms with Crippen molar-refractivity contribution in [2.45, 2.75) is 58.6 Å². The first-order valence-corrected chi connectivity index (χ1v) is 11.9. The second kappa shape index (κ2) is 13.1. The van der Waals surface area contributed by atoms with Crippen molar-refractivity contribution < 1.29 is 24.5 Å². The molecule has 0 aliphatic carbocycles. The van der Waals surface area contributed by atoms with Crippen molar-refractivity contribution in [1.82, 2.24) is 10.2 Å². The van der Waals surface area contributed by atoms with Gasteiger partial charge in [-0.05, 0) is 56.4 Å². The number of ether oxygens (including phenoxy) is 1. The van der Waals surface area contributed by atoms with Crippen LogP contribution in [-0.4, -0.2) is 64.1 Å². The van der Waals surface area contributed by atoms with E-state index in [1.165, 1.54) is 17.1 Å². The molecule has 0 fully saturated rings. The molecule has 2 amide bonds. The van der Waals surface area contributed by atoms with Crippen molar-refractivity contribution in [2.75, 3.05) is 19.7 Å². The largest absolute Gasteiger partial charge is 0.460 e. The molecule has 9 nitrogen and oxygen atoms in total. The van der Waals surface area contributed by atoms with E-state index in [1.807, 2.05) is 32.0 Å². The molecule has 1 atom stereocenters. The minimum atomic E-state index is -0.852. The lowest BCUT2D eigenvalue weighted by molar-refractivity contribution is -0.134. The Labute approximate surface area is 207 Å². The maximum atomic E-state index is 13.0. The minimum absolute atomic E-state index is 0.0277. The van der Waals surface area contributed by atoms with Gasteiger partial charge in [-0.3, -0.25) is 9.59 Å². The molecule has 1 aliphatic rings. The predicted molar refractivity (Wildman–Crippen MR) is 136 cm³/mol. The number of nitrogens with one attached hydrogen (secondary N) is 1. The smallest absolute Gasteiger partial charge is 0.270 e. The van der Waals surface area contributed by atoms with Gasteiger partial charge in [-0.15, -0.1) is 0 Å². The summed E-state index contributed by atoms with van der Waals surface area (Å²) in [5, 5.41) is 21.8. The predicted octanol–water partition coefficient (Wildman–Crippen LogP) is 1.89. The summed E-state index contributed by atoms with van der Waals surface area (Å²) in [6.07, 6.45) is 5.92. The van der Waals surface area contributed by atoms with E-state index in [0.29, 0.717) is 37.3 Å². The van der Waals surface area contributed by atoms with Crippen LogP contribution in [0.4, 0.5) is 0 Å². The molecule has 1 aromatic rings. The number of carbonyl (C=O) groups is 2. The summed E-state index contributed by atoms with van der Waals surface area (Å²) in [5.74, 6) is 0.350. The van der Waals surface area contributed by atoms with Crippen LogP contribution in [0, 0.1) is 5.92 Å². The molecule has 1 aromatic carbocycles. The van der Waals surface area contributed by atoms with Crippen molar-refractivity contribution >= 4 is 17.6 Å². The van der Waals surface area contributed by atoms with Gasteiger partial charge in [-0.1, -0.05) is 26.0 Å². The monoisotopic (exact) mass is 486 g/mol. The molecule has 192 valence electrons. The Morgan fingerprint density at radius 2 is 2.11 bits per heavy atom. The highest BCUT2D eigenvalue weighted by Crippen LogP contribution is 2.25. The van der Waals surface area contributed by atoms with Crippen molar-refractivity contribution in [3.8, 4) is 5.75 Å². The van der Waals surface area contributed by atoms with Crippen LogP contribution in [0.5, 0.6) is 5.75 Å². The van der Waals surface area contributed by atoms with Crippen LogP contribution in [0.2, 0.25) is 0 Å². The van der Waals surface area contributed by atoms with E-state index in [0.717, 1.165) is 5.56 Å². The third-order valence-electron chi connectivity index (χ3n) is 5.12. The molecule has 0 spiro atoms. The molecule has 0 bridgehead atoms. The molecule has 2 rings (SSSR count). The summed E-state index contributed by atoms with van der Waals surface area (Å²) in [7, 11) is 0. The van der Waals surface area contributed by atoms with Crippen LogP contribution < -0.4 is 15.8 Å². The molecule has 0 unspecified atom stereocenters. The van der Waals surface area contributed by atoms with Crippen molar-refractivity contribution in [3.05, 3.63) is 53.9 Å². The number of aliphatic hydroxyl groups is 2. The highest BCUT2D eigenvalue weighted by Gasteiger charge is 2.34. The number of aliphatic imine (C=N–C) groups is 1. The third-order valence-corrected chi connectivity index (χ3v) is 5.12. The summed E-state index contributed by atoms with van der Waals surface area (Å²) >= 11 is 0. The summed E-state index contributed by atoms with van der Waals surface area (Å²) in [6.45, 7) is 8.21. The third kappa shape index (κ3) is 9.92. The van der Waals surface area contributed by atoms with Gasteiger partial charge in [0.15, 0.2) is 0 Å². The number of nitrogens with zero attached hydrogens (tertiary/aromatic N) is 2.